The van der Waals surface area contributed by atoms with E-state index in [1.165, 1.54) is 18.3 Å². The molecule has 6 N–H and O–H groups in total. The number of aryl methyl sites for hydroxylation is 2. The molecule has 32 nitrogen and oxygen atoms in total. The first-order valence-corrected chi connectivity index (χ1v) is 43.7. The van der Waals surface area contributed by atoms with Crippen LogP contribution in [0.2, 0.25) is 0 Å². The van der Waals surface area contributed by atoms with Crippen molar-refractivity contribution in [2.24, 2.45) is 35.5 Å². The Kier molecular flexibility index (Phi) is 40.9. The Bertz CT molecular complexity index is 4110. The minimum atomic E-state index is -2.43. The third-order valence-electron chi connectivity index (χ3n) is 23.8. The van der Waals surface area contributed by atoms with E-state index in [0.29, 0.717) is 179 Å². The lowest BCUT2D eigenvalue weighted by Gasteiger charge is -2.43. The third-order valence-corrected chi connectivity index (χ3v) is 23.8. The lowest BCUT2D eigenvalue weighted by molar-refractivity contribution is -0.265. The van der Waals surface area contributed by atoms with E-state index in [2.05, 4.69) is 42.5 Å². The molecule has 4 aliphatic rings. The van der Waals surface area contributed by atoms with Gasteiger partial charge in [-0.3, -0.25) is 19.2 Å². The van der Waals surface area contributed by atoms with Crippen molar-refractivity contribution in [1.29, 1.82) is 0 Å². The maximum absolute atomic E-state index is 14.9. The molecule has 32 heteroatoms. The molecule has 3 aliphatic heterocycles. The van der Waals surface area contributed by atoms with Gasteiger partial charge in [0.05, 0.1) is 127 Å². The van der Waals surface area contributed by atoms with Crippen LogP contribution in [0.5, 0.6) is 0 Å². The van der Waals surface area contributed by atoms with E-state index in [0.717, 1.165) is 79.2 Å². The summed E-state index contributed by atoms with van der Waals surface area (Å²) in [5.74, 6) is -6.61. The number of aromatic amines is 1. The van der Waals surface area contributed by atoms with Crippen LogP contribution >= 0.6 is 0 Å². The van der Waals surface area contributed by atoms with Gasteiger partial charge in [-0.25, -0.2) is 29.1 Å². The largest absolute Gasteiger partial charge is 0.460 e. The van der Waals surface area contributed by atoms with Crippen molar-refractivity contribution in [3.63, 3.8) is 0 Å². The maximum atomic E-state index is 14.9. The van der Waals surface area contributed by atoms with Gasteiger partial charge in [-0.05, 0) is 151 Å². The molecule has 1 aliphatic carbocycles. The number of amides is 2. The molecule has 0 unspecified atom stereocenters. The number of piperidine rings is 1. The van der Waals surface area contributed by atoms with Gasteiger partial charge in [0.2, 0.25) is 11.7 Å². The zero-order chi connectivity index (χ0) is 86.6. The number of nitrogens with one attached hydrogen (secondary N) is 2. The molecule has 3 fully saturated rings. The van der Waals surface area contributed by atoms with Crippen molar-refractivity contribution in [2.45, 2.75) is 238 Å². The van der Waals surface area contributed by atoms with E-state index in [-0.39, 0.29) is 73.4 Å². The Morgan fingerprint density at radius 3 is 2.17 bits per heavy atom. The van der Waals surface area contributed by atoms with Crippen LogP contribution in [0.3, 0.4) is 0 Å². The lowest BCUT2D eigenvalue weighted by atomic mass is 9.78. The number of cyclic esters (lactones) is 1. The number of carbonyl (C=O) groups is 5. The highest BCUT2D eigenvalue weighted by atomic mass is 16.6. The van der Waals surface area contributed by atoms with Gasteiger partial charge in [-0.2, -0.15) is 5.10 Å². The molecule has 2 saturated heterocycles. The smallest absolute Gasteiger partial charge is 0.329 e. The molecule has 0 spiro atoms. The molecule has 2 bridgehead atoms. The summed E-state index contributed by atoms with van der Waals surface area (Å²) in [5.41, 5.74) is 11.5. The number of unbranched alkanes of at least 4 members (excludes halogenated alkanes) is 2. The van der Waals surface area contributed by atoms with Gasteiger partial charge >= 0.3 is 5.97 Å². The van der Waals surface area contributed by atoms with E-state index in [1.807, 2.05) is 93.4 Å². The van der Waals surface area contributed by atoms with E-state index in [1.54, 1.807) is 46.1 Å². The Balaban J connectivity index is 0.627. The molecule has 0 radical (unpaired) electrons. The Labute approximate surface area is 712 Å². The number of pyridine rings is 1. The number of esters is 1. The number of Topliss-reactive ketones (excluding diaryl/α,β-unsaturated/α-hetero) is 2. The van der Waals surface area contributed by atoms with Crippen LogP contribution in [0.1, 0.15) is 163 Å². The normalized spacial score (nSPS) is 27.9. The molecule has 5 aromatic rings. The average Bonchev–Trinajstić information content (AvgIpc) is 1.70. The molecule has 672 valence electrons. The van der Waals surface area contributed by atoms with Crippen LogP contribution in [-0.2, 0) is 105 Å². The van der Waals surface area contributed by atoms with Crippen molar-refractivity contribution in [3.05, 3.63) is 90.3 Å². The standard InChI is InChI=1S/C89H136N12O20/c1-59-21-13-12-14-22-60(2)73(109-8)54-70-27-25-65(7)89(108,121-70)83(105)87(106)100-33-18-15-24-71(100)88(107)120-75(55-74(110-9)61(3)50-64(6)81(104)82(112-11)80(103)63(5)49-59)62(4)51-66-26-28-72(76(52-66)111-10)119-36-20-16-23-69-57-99(98-96-69)35-38-114-40-42-116-44-46-118-48-47-117-45-43-115-41-39-113-37-30-77(102)91-31-17-19-34-101-86-78(84(90)94-58-95-86)79(97-101)68-53-67-29-32-92-85(67)93-56-68/h12-14,21-22,29,32,50,53,56-59,61-63,65-66,70-76,81-82,104,108H,15-20,23-28,30-31,33-49,51-52,54-55H2,1-11H3,(H,91,102)(H,92,93)(H2,90,94,95)/b14-12+,21-13+,60-22+,64-50+/t59-,61-,62-,63-,65-,66+,70+,71+,72-,73+,74-,75+,76-,81-,82+,89-/m1/s1. The molecular formula is C89H136N12O20. The SMILES string of the molecule is CO[C@H]1C[C@@H]2CC[C@@H](C)[C@@](O)(O2)C(=O)C(=O)N2CCCC[C@H]2C(=O)O[C@H]([C@H](C)C[C@@H]2CC[C@@H](OCCCCc3cn(CCOCCOCCOCCOCCOCCOCCC(=O)NCCCCn4nc(-c5cnc6[nH]ccc6c5)c5c(N)ncnc54)nn3)[C@H](OC)C2)C[C@@H](OC)[C@H](C)/C=C(\C)[C@@H](O)[C@@H](OC)C(=O)[C@H](C)C[C@H](C)/C=C/C=C/C=C/1C. The van der Waals surface area contributed by atoms with Gasteiger partial charge in [-0.1, -0.05) is 76.3 Å². The number of methoxy groups -OCH3 is 4. The summed E-state index contributed by atoms with van der Waals surface area (Å²) in [5, 5.41) is 42.1. The first-order valence-electron chi connectivity index (χ1n) is 43.7. The van der Waals surface area contributed by atoms with Gasteiger partial charge in [0, 0.05) is 121 Å². The number of H-pyrrole nitrogens is 1. The summed E-state index contributed by atoms with van der Waals surface area (Å²) in [6.45, 7) is 20.6. The molecule has 2 amide bonds. The van der Waals surface area contributed by atoms with E-state index in [4.69, 9.17) is 72.4 Å². The van der Waals surface area contributed by atoms with Crippen LogP contribution in [0.4, 0.5) is 5.82 Å². The fraction of sp³-hybridized carbons (Fsp3) is 0.697. The van der Waals surface area contributed by atoms with Crippen LogP contribution in [0, 0.1) is 35.5 Å². The van der Waals surface area contributed by atoms with Crippen LogP contribution in [0.15, 0.2) is 84.7 Å². The van der Waals surface area contributed by atoms with Gasteiger partial charge in [0.1, 0.15) is 47.8 Å². The van der Waals surface area contributed by atoms with Gasteiger partial charge in [0.25, 0.3) is 11.7 Å². The summed E-state index contributed by atoms with van der Waals surface area (Å²) in [7, 11) is 6.34. The van der Waals surface area contributed by atoms with E-state index >= 15 is 0 Å². The van der Waals surface area contributed by atoms with Gasteiger partial charge < -0.3 is 92.7 Å². The first-order chi connectivity index (χ1) is 58.5. The molecular weight excluding hydrogens is 1560 g/mol. The van der Waals surface area contributed by atoms with Gasteiger partial charge in [-0.15, -0.1) is 5.10 Å². The Morgan fingerprint density at radius 1 is 0.744 bits per heavy atom. The third kappa shape index (κ3) is 29.5. The number of anilines is 1. The number of hydrogen-bond donors (Lipinski definition) is 5. The number of rotatable bonds is 40. The van der Waals surface area contributed by atoms with E-state index < -0.39 is 77.9 Å². The number of allylic oxidation sites excluding steroid dienone is 5. The summed E-state index contributed by atoms with van der Waals surface area (Å²) in [4.78, 5) is 88.1. The number of aliphatic hydroxyl groups excluding tert-OH is 1. The zero-order valence-electron chi connectivity index (χ0n) is 73.2. The second kappa shape index (κ2) is 50.9. The van der Waals surface area contributed by atoms with Crippen molar-refractivity contribution < 1.29 is 95.8 Å². The highest BCUT2D eigenvalue weighted by Gasteiger charge is 2.53. The summed E-state index contributed by atoms with van der Waals surface area (Å²) in [6.07, 6.45) is 24.3. The first kappa shape index (κ1) is 97.1. The number of fused-ring (bicyclic) bond motifs is 5. The molecule has 9 rings (SSSR count). The number of nitrogens with zero attached hydrogens (tertiary/aromatic N) is 9. The van der Waals surface area contributed by atoms with Crippen LogP contribution in [-0.4, -0.2) is 277 Å². The lowest BCUT2D eigenvalue weighted by Crippen LogP contribution is -2.61. The number of aromatic nitrogens is 9. The number of nitrogens with two attached hydrogens (primary N) is 1. The number of aliphatic hydroxyl groups is 2. The second-order valence-corrected chi connectivity index (χ2v) is 32.9. The fourth-order valence-corrected chi connectivity index (χ4v) is 16.6. The molecule has 0 aromatic carbocycles. The predicted molar refractivity (Wildman–Crippen MR) is 454 cm³/mol. The van der Waals surface area contributed by atoms with E-state index in [9.17, 15) is 34.2 Å². The number of ether oxygens (including phenoxy) is 13. The van der Waals surface area contributed by atoms with Crippen molar-refractivity contribution in [2.75, 3.05) is 133 Å². The number of nitrogen functional groups attached to an aromatic ring is 1. The fourth-order valence-electron chi connectivity index (χ4n) is 16.6. The van der Waals surface area contributed by atoms with Crippen molar-refractivity contribution in [1.82, 2.24) is 54.9 Å². The number of carbonyl (C=O) groups excluding carboxylic acids is 5. The minimum Gasteiger partial charge on any atom is -0.460 e. The van der Waals surface area contributed by atoms with Crippen LogP contribution < -0.4 is 11.1 Å². The molecule has 121 heavy (non-hydrogen) atoms. The molecule has 8 heterocycles. The summed E-state index contributed by atoms with van der Waals surface area (Å²) >= 11 is 0. The second-order valence-electron chi connectivity index (χ2n) is 32.9. The molecule has 16 atom stereocenters. The highest BCUT2D eigenvalue weighted by Crippen LogP contribution is 2.40. The summed E-state index contributed by atoms with van der Waals surface area (Å²) < 4.78 is 81.0. The van der Waals surface area contributed by atoms with Crippen molar-refractivity contribution >= 4 is 57.2 Å². The van der Waals surface area contributed by atoms with Crippen molar-refractivity contribution in [3.8, 4) is 11.3 Å². The maximum Gasteiger partial charge on any atom is 0.329 e. The topological polar surface area (TPSA) is 390 Å². The zero-order valence-corrected chi connectivity index (χ0v) is 73.2. The predicted octanol–water partition coefficient (Wildman–Crippen LogP) is 9.62. The number of ketones is 2. The average molecular weight is 1690 g/mol. The molecule has 1 saturated carbocycles. The quantitative estimate of drug-likeness (QED) is 0.0105. The Morgan fingerprint density at radius 2 is 1.46 bits per heavy atom. The summed E-state index contributed by atoms with van der Waals surface area (Å²) in [6, 6.07) is 2.87. The minimum absolute atomic E-state index is 0.0237. The monoisotopic (exact) mass is 1690 g/mol. The molecule has 5 aromatic heterocycles. The Hall–Kier alpha value is -7.67. The highest BCUT2D eigenvalue weighted by molar-refractivity contribution is 6.39. The van der Waals surface area contributed by atoms with Crippen LogP contribution in [0.25, 0.3) is 33.3 Å². The number of hydrogen-bond acceptors (Lipinski definition) is 27. The van der Waals surface area contributed by atoms with Gasteiger partial charge in [0.15, 0.2) is 11.4 Å².